The second-order valence-electron chi connectivity index (χ2n) is 4.92. The number of aromatic nitrogens is 1. The standard InChI is InChI=1S/C12H19NO4/c1-7(2)9-10(11(14)15)17-8(13-9)6-12(3,4)16-5/h7H,6H2,1-5H3,(H,14,15). The fourth-order valence-electron chi connectivity index (χ4n) is 1.43. The number of hydrogen-bond donors (Lipinski definition) is 1. The van der Waals surface area contributed by atoms with Gasteiger partial charge in [-0.15, -0.1) is 0 Å². The second kappa shape index (κ2) is 4.87. The van der Waals surface area contributed by atoms with Crippen LogP contribution < -0.4 is 0 Å². The number of aromatic carboxylic acids is 1. The van der Waals surface area contributed by atoms with E-state index in [1.165, 1.54) is 0 Å². The topological polar surface area (TPSA) is 72.6 Å². The smallest absolute Gasteiger partial charge is 0.373 e. The zero-order valence-electron chi connectivity index (χ0n) is 10.9. The fraction of sp³-hybridized carbons (Fsp3) is 0.667. The molecular formula is C12H19NO4. The minimum Gasteiger partial charge on any atom is -0.475 e. The number of carboxylic acids is 1. The number of carbonyl (C=O) groups is 1. The minimum atomic E-state index is -1.08. The van der Waals surface area contributed by atoms with Crippen molar-refractivity contribution in [2.75, 3.05) is 7.11 Å². The van der Waals surface area contributed by atoms with E-state index in [-0.39, 0.29) is 11.7 Å². The molecule has 17 heavy (non-hydrogen) atoms. The molecule has 1 aromatic rings. The van der Waals surface area contributed by atoms with Crippen LogP contribution in [0.4, 0.5) is 0 Å². The molecule has 5 heteroatoms. The summed E-state index contributed by atoms with van der Waals surface area (Å²) in [5.41, 5.74) is 0.0638. The maximum Gasteiger partial charge on any atom is 0.373 e. The molecule has 0 aliphatic carbocycles. The molecule has 0 spiro atoms. The summed E-state index contributed by atoms with van der Waals surface area (Å²) in [6.45, 7) is 7.56. The van der Waals surface area contributed by atoms with E-state index in [4.69, 9.17) is 14.3 Å². The lowest BCUT2D eigenvalue weighted by Gasteiger charge is -2.20. The predicted octanol–water partition coefficient (Wildman–Crippen LogP) is 2.46. The molecular weight excluding hydrogens is 222 g/mol. The molecule has 1 rings (SSSR count). The van der Waals surface area contributed by atoms with Crippen LogP contribution in [0, 0.1) is 0 Å². The second-order valence-corrected chi connectivity index (χ2v) is 4.92. The third-order valence-electron chi connectivity index (χ3n) is 2.57. The van der Waals surface area contributed by atoms with E-state index in [1.807, 2.05) is 27.7 Å². The number of ether oxygens (including phenoxy) is 1. The summed E-state index contributed by atoms with van der Waals surface area (Å²) in [6, 6.07) is 0. The lowest BCUT2D eigenvalue weighted by Crippen LogP contribution is -2.25. The summed E-state index contributed by atoms with van der Waals surface area (Å²) in [5.74, 6) is -0.730. The highest BCUT2D eigenvalue weighted by atomic mass is 16.5. The van der Waals surface area contributed by atoms with Gasteiger partial charge in [-0.25, -0.2) is 9.78 Å². The number of rotatable bonds is 5. The normalized spacial score (nSPS) is 12.1. The Morgan fingerprint density at radius 2 is 2.12 bits per heavy atom. The van der Waals surface area contributed by atoms with Crippen molar-refractivity contribution in [3.05, 3.63) is 17.3 Å². The Labute approximate surface area is 101 Å². The first-order valence-corrected chi connectivity index (χ1v) is 5.55. The van der Waals surface area contributed by atoms with Gasteiger partial charge in [0, 0.05) is 7.11 Å². The third kappa shape index (κ3) is 3.30. The molecule has 0 bridgehead atoms. The third-order valence-corrected chi connectivity index (χ3v) is 2.57. The summed E-state index contributed by atoms with van der Waals surface area (Å²) in [5, 5.41) is 9.02. The first-order chi connectivity index (χ1) is 7.76. The molecule has 0 aliphatic rings. The van der Waals surface area contributed by atoms with E-state index in [0.29, 0.717) is 18.0 Å². The summed E-state index contributed by atoms with van der Waals surface area (Å²) in [6.07, 6.45) is 0.441. The van der Waals surface area contributed by atoms with Crippen molar-refractivity contribution >= 4 is 5.97 Å². The van der Waals surface area contributed by atoms with Crippen LogP contribution in [0.1, 0.15) is 55.8 Å². The highest BCUT2D eigenvalue weighted by Gasteiger charge is 2.26. The summed E-state index contributed by atoms with van der Waals surface area (Å²) in [7, 11) is 1.60. The molecule has 0 saturated heterocycles. The van der Waals surface area contributed by atoms with Crippen LogP contribution in [0.5, 0.6) is 0 Å². The van der Waals surface area contributed by atoms with Crippen molar-refractivity contribution < 1.29 is 19.1 Å². The molecule has 0 amide bonds. The molecule has 0 unspecified atom stereocenters. The first kappa shape index (κ1) is 13.7. The van der Waals surface area contributed by atoms with Gasteiger partial charge in [-0.1, -0.05) is 13.8 Å². The van der Waals surface area contributed by atoms with Gasteiger partial charge in [0.2, 0.25) is 5.76 Å². The van der Waals surface area contributed by atoms with E-state index in [0.717, 1.165) is 0 Å². The van der Waals surface area contributed by atoms with Crippen LogP contribution in [-0.2, 0) is 11.2 Å². The van der Waals surface area contributed by atoms with Crippen molar-refractivity contribution in [3.63, 3.8) is 0 Å². The molecule has 0 radical (unpaired) electrons. The quantitative estimate of drug-likeness (QED) is 0.857. The lowest BCUT2D eigenvalue weighted by molar-refractivity contribution is 0.0176. The predicted molar refractivity (Wildman–Crippen MR) is 62.3 cm³/mol. The molecule has 1 aromatic heterocycles. The summed E-state index contributed by atoms with van der Waals surface area (Å²) >= 11 is 0. The van der Waals surface area contributed by atoms with E-state index < -0.39 is 11.6 Å². The zero-order valence-corrected chi connectivity index (χ0v) is 10.9. The zero-order chi connectivity index (χ0) is 13.2. The molecule has 5 nitrogen and oxygen atoms in total. The van der Waals surface area contributed by atoms with Crippen molar-refractivity contribution in [3.8, 4) is 0 Å². The highest BCUT2D eigenvalue weighted by molar-refractivity contribution is 5.85. The average Bonchev–Trinajstić information content (AvgIpc) is 2.61. The maximum atomic E-state index is 11.0. The molecule has 0 aliphatic heterocycles. The molecule has 0 atom stereocenters. The van der Waals surface area contributed by atoms with Crippen molar-refractivity contribution in [1.82, 2.24) is 4.98 Å². The summed E-state index contributed by atoms with van der Waals surface area (Å²) < 4.78 is 10.5. The van der Waals surface area contributed by atoms with Gasteiger partial charge in [0.25, 0.3) is 0 Å². The van der Waals surface area contributed by atoms with Crippen molar-refractivity contribution in [2.24, 2.45) is 0 Å². The van der Waals surface area contributed by atoms with Gasteiger partial charge in [-0.05, 0) is 19.8 Å². The number of methoxy groups -OCH3 is 1. The molecule has 96 valence electrons. The van der Waals surface area contributed by atoms with Crippen LogP contribution in [0.2, 0.25) is 0 Å². The van der Waals surface area contributed by atoms with Crippen LogP contribution in [-0.4, -0.2) is 28.8 Å². The molecule has 0 fully saturated rings. The van der Waals surface area contributed by atoms with E-state index >= 15 is 0 Å². The average molecular weight is 241 g/mol. The molecule has 1 N–H and O–H groups in total. The number of oxazole rings is 1. The Balaban J connectivity index is 3.04. The maximum absolute atomic E-state index is 11.0. The largest absolute Gasteiger partial charge is 0.475 e. The van der Waals surface area contributed by atoms with Crippen molar-refractivity contribution in [2.45, 2.75) is 45.6 Å². The first-order valence-electron chi connectivity index (χ1n) is 5.55. The number of hydrogen-bond acceptors (Lipinski definition) is 4. The monoisotopic (exact) mass is 241 g/mol. The molecule has 0 saturated carbocycles. The van der Waals surface area contributed by atoms with Crippen LogP contribution in [0.3, 0.4) is 0 Å². The van der Waals surface area contributed by atoms with Crippen molar-refractivity contribution in [1.29, 1.82) is 0 Å². The Kier molecular flexibility index (Phi) is 3.93. The highest BCUT2D eigenvalue weighted by Crippen LogP contribution is 2.23. The Morgan fingerprint density at radius 3 is 2.47 bits per heavy atom. The van der Waals surface area contributed by atoms with E-state index in [1.54, 1.807) is 7.11 Å². The Morgan fingerprint density at radius 1 is 1.53 bits per heavy atom. The van der Waals surface area contributed by atoms with Crippen LogP contribution >= 0.6 is 0 Å². The van der Waals surface area contributed by atoms with Gasteiger partial charge in [-0.3, -0.25) is 0 Å². The Hall–Kier alpha value is -1.36. The van der Waals surface area contributed by atoms with Gasteiger partial charge in [0.1, 0.15) is 0 Å². The molecule has 1 heterocycles. The van der Waals surface area contributed by atoms with Gasteiger partial charge < -0.3 is 14.3 Å². The fourth-order valence-corrected chi connectivity index (χ4v) is 1.43. The summed E-state index contributed by atoms with van der Waals surface area (Å²) in [4.78, 5) is 15.2. The number of carboxylic acid groups (broad SMARTS) is 1. The van der Waals surface area contributed by atoms with E-state index in [2.05, 4.69) is 4.98 Å². The van der Waals surface area contributed by atoms with Gasteiger partial charge in [0.05, 0.1) is 17.7 Å². The minimum absolute atomic E-state index is 0.0178. The van der Waals surface area contributed by atoms with Gasteiger partial charge >= 0.3 is 5.97 Å². The van der Waals surface area contributed by atoms with Crippen LogP contribution in [0.15, 0.2) is 4.42 Å². The SMILES string of the molecule is COC(C)(C)Cc1nc(C(C)C)c(C(=O)O)o1. The number of nitrogens with zero attached hydrogens (tertiary/aromatic N) is 1. The Bertz CT molecular complexity index is 407. The van der Waals surface area contributed by atoms with Gasteiger partial charge in [0.15, 0.2) is 5.89 Å². The van der Waals surface area contributed by atoms with Gasteiger partial charge in [-0.2, -0.15) is 0 Å². The lowest BCUT2D eigenvalue weighted by atomic mass is 10.1. The van der Waals surface area contributed by atoms with E-state index in [9.17, 15) is 4.79 Å². The molecule has 0 aromatic carbocycles. The van der Waals surface area contributed by atoms with Crippen LogP contribution in [0.25, 0.3) is 0 Å².